The number of anilines is 1. The smallest absolute Gasteiger partial charge is 0.253 e. The SMILES string of the molecule is CC(C)CC(=O)NC(=S)Nc1ccccc1C(=O)NC(C)(C)C. The quantitative estimate of drug-likeness (QED) is 0.740. The van der Waals surface area contributed by atoms with E-state index in [1.807, 2.05) is 34.6 Å². The number of para-hydroxylation sites is 1. The van der Waals surface area contributed by atoms with Crippen LogP contribution in [0.1, 0.15) is 51.4 Å². The predicted octanol–water partition coefficient (Wildman–Crippen LogP) is 3.07. The Morgan fingerprint density at radius 3 is 2.35 bits per heavy atom. The van der Waals surface area contributed by atoms with Crippen molar-refractivity contribution in [2.24, 2.45) is 5.92 Å². The summed E-state index contributed by atoms with van der Waals surface area (Å²) in [5, 5.41) is 8.64. The summed E-state index contributed by atoms with van der Waals surface area (Å²) in [4.78, 5) is 24.1. The molecule has 0 atom stereocenters. The summed E-state index contributed by atoms with van der Waals surface area (Å²) in [7, 11) is 0. The average molecular weight is 335 g/mol. The number of benzene rings is 1. The van der Waals surface area contributed by atoms with E-state index < -0.39 is 0 Å². The summed E-state index contributed by atoms with van der Waals surface area (Å²) in [6.45, 7) is 9.66. The van der Waals surface area contributed by atoms with Crippen molar-refractivity contribution < 1.29 is 9.59 Å². The lowest BCUT2D eigenvalue weighted by Crippen LogP contribution is -2.41. The zero-order valence-electron chi connectivity index (χ0n) is 14.3. The van der Waals surface area contributed by atoms with E-state index in [1.165, 1.54) is 0 Å². The molecular formula is C17H25N3O2S. The molecule has 2 amide bonds. The number of nitrogens with one attached hydrogen (secondary N) is 3. The van der Waals surface area contributed by atoms with E-state index >= 15 is 0 Å². The third kappa shape index (κ3) is 7.23. The average Bonchev–Trinajstić information content (AvgIpc) is 2.35. The molecule has 0 heterocycles. The molecule has 3 N–H and O–H groups in total. The summed E-state index contributed by atoms with van der Waals surface area (Å²) in [5.41, 5.74) is 0.697. The topological polar surface area (TPSA) is 70.2 Å². The van der Waals surface area contributed by atoms with Gasteiger partial charge in [-0.25, -0.2) is 0 Å². The Bertz CT molecular complexity index is 592. The summed E-state index contributed by atoms with van der Waals surface area (Å²) in [5.74, 6) is -0.0892. The molecule has 0 aliphatic rings. The van der Waals surface area contributed by atoms with E-state index in [2.05, 4.69) is 16.0 Å². The van der Waals surface area contributed by atoms with E-state index in [0.717, 1.165) is 0 Å². The Morgan fingerprint density at radius 2 is 1.78 bits per heavy atom. The highest BCUT2D eigenvalue weighted by Gasteiger charge is 2.18. The van der Waals surface area contributed by atoms with Crippen LogP contribution >= 0.6 is 12.2 Å². The van der Waals surface area contributed by atoms with E-state index in [-0.39, 0.29) is 28.4 Å². The molecule has 0 unspecified atom stereocenters. The predicted molar refractivity (Wildman–Crippen MR) is 97.5 cm³/mol. The van der Waals surface area contributed by atoms with Gasteiger partial charge in [-0.1, -0.05) is 26.0 Å². The van der Waals surface area contributed by atoms with Crippen molar-refractivity contribution in [1.82, 2.24) is 10.6 Å². The van der Waals surface area contributed by atoms with Crippen molar-refractivity contribution in [3.63, 3.8) is 0 Å². The lowest BCUT2D eigenvalue weighted by molar-refractivity contribution is -0.120. The van der Waals surface area contributed by atoms with Gasteiger partial charge in [0.1, 0.15) is 0 Å². The standard InChI is InChI=1S/C17H25N3O2S/c1-11(2)10-14(21)19-16(23)18-13-9-7-6-8-12(13)15(22)20-17(3,4)5/h6-9,11H,10H2,1-5H3,(H,20,22)(H2,18,19,21,23). The molecule has 0 spiro atoms. The molecule has 0 aliphatic carbocycles. The lowest BCUT2D eigenvalue weighted by atomic mass is 10.1. The monoisotopic (exact) mass is 335 g/mol. The molecule has 1 aromatic carbocycles. The van der Waals surface area contributed by atoms with Crippen LogP contribution in [0.3, 0.4) is 0 Å². The second kappa shape index (κ2) is 8.06. The first-order valence-corrected chi connectivity index (χ1v) is 8.01. The Hall–Kier alpha value is -1.95. The van der Waals surface area contributed by atoms with Gasteiger partial charge in [-0.2, -0.15) is 0 Å². The summed E-state index contributed by atoms with van der Waals surface area (Å²) in [6.07, 6.45) is 0.397. The fraction of sp³-hybridized carbons (Fsp3) is 0.471. The number of thiocarbonyl (C=S) groups is 1. The van der Waals surface area contributed by atoms with Gasteiger partial charge in [0, 0.05) is 12.0 Å². The largest absolute Gasteiger partial charge is 0.347 e. The molecule has 1 rings (SSSR count). The van der Waals surface area contributed by atoms with Crippen LogP contribution in [-0.4, -0.2) is 22.5 Å². The molecule has 0 saturated carbocycles. The van der Waals surface area contributed by atoms with Crippen LogP contribution in [0.4, 0.5) is 5.69 Å². The molecule has 126 valence electrons. The van der Waals surface area contributed by atoms with Crippen LogP contribution < -0.4 is 16.0 Å². The van der Waals surface area contributed by atoms with Gasteiger partial charge in [0.15, 0.2) is 5.11 Å². The zero-order valence-corrected chi connectivity index (χ0v) is 15.1. The Labute approximate surface area is 143 Å². The number of amides is 2. The Balaban J connectivity index is 2.79. The fourth-order valence-corrected chi connectivity index (χ4v) is 2.12. The van der Waals surface area contributed by atoms with Crippen LogP contribution in [0.25, 0.3) is 0 Å². The lowest BCUT2D eigenvalue weighted by Gasteiger charge is -2.22. The highest BCUT2D eigenvalue weighted by Crippen LogP contribution is 2.16. The van der Waals surface area contributed by atoms with E-state index in [1.54, 1.807) is 24.3 Å². The molecule has 0 radical (unpaired) electrons. The maximum Gasteiger partial charge on any atom is 0.253 e. The third-order valence-corrected chi connectivity index (χ3v) is 2.96. The normalized spacial score (nSPS) is 11.0. The van der Waals surface area contributed by atoms with Gasteiger partial charge < -0.3 is 16.0 Å². The van der Waals surface area contributed by atoms with Gasteiger partial charge in [0.05, 0.1) is 11.3 Å². The first-order valence-electron chi connectivity index (χ1n) is 7.61. The van der Waals surface area contributed by atoms with Crippen molar-refractivity contribution >= 4 is 34.8 Å². The highest BCUT2D eigenvalue weighted by molar-refractivity contribution is 7.80. The number of hydrogen-bond acceptors (Lipinski definition) is 3. The first kappa shape index (κ1) is 19.1. The number of carbonyl (C=O) groups is 2. The summed E-state index contributed by atoms with van der Waals surface area (Å²) in [6, 6.07) is 7.04. The molecule has 23 heavy (non-hydrogen) atoms. The third-order valence-electron chi connectivity index (χ3n) is 2.76. The van der Waals surface area contributed by atoms with Gasteiger partial charge >= 0.3 is 0 Å². The van der Waals surface area contributed by atoms with Crippen LogP contribution in [-0.2, 0) is 4.79 Å². The fourth-order valence-electron chi connectivity index (χ4n) is 1.90. The Morgan fingerprint density at radius 1 is 1.17 bits per heavy atom. The van der Waals surface area contributed by atoms with Crippen molar-refractivity contribution in [3.8, 4) is 0 Å². The molecule has 0 saturated heterocycles. The maximum atomic E-state index is 12.3. The Kier molecular flexibility index (Phi) is 6.69. The molecule has 1 aromatic rings. The van der Waals surface area contributed by atoms with E-state index in [0.29, 0.717) is 17.7 Å². The van der Waals surface area contributed by atoms with E-state index in [4.69, 9.17) is 12.2 Å². The maximum absolute atomic E-state index is 12.3. The number of carbonyl (C=O) groups excluding carboxylic acids is 2. The minimum absolute atomic E-state index is 0.144. The van der Waals surface area contributed by atoms with Gasteiger partial charge in [0.2, 0.25) is 5.91 Å². The van der Waals surface area contributed by atoms with Gasteiger partial charge in [0.25, 0.3) is 5.91 Å². The molecule has 0 fully saturated rings. The number of hydrogen-bond donors (Lipinski definition) is 3. The molecule has 0 bridgehead atoms. The second-order valence-electron chi connectivity index (χ2n) is 6.85. The van der Waals surface area contributed by atoms with Crippen LogP contribution in [0.15, 0.2) is 24.3 Å². The zero-order chi connectivity index (χ0) is 17.6. The van der Waals surface area contributed by atoms with Crippen molar-refractivity contribution in [2.45, 2.75) is 46.6 Å². The van der Waals surface area contributed by atoms with Crippen molar-refractivity contribution in [1.29, 1.82) is 0 Å². The molecular weight excluding hydrogens is 310 g/mol. The molecule has 0 aromatic heterocycles. The first-order chi connectivity index (χ1) is 10.6. The van der Waals surface area contributed by atoms with Crippen LogP contribution in [0, 0.1) is 5.92 Å². The summed E-state index contributed by atoms with van der Waals surface area (Å²) >= 11 is 5.15. The van der Waals surface area contributed by atoms with E-state index in [9.17, 15) is 9.59 Å². The van der Waals surface area contributed by atoms with Gasteiger partial charge in [-0.15, -0.1) is 0 Å². The molecule has 0 aliphatic heterocycles. The molecule has 5 nitrogen and oxygen atoms in total. The van der Waals surface area contributed by atoms with Crippen LogP contribution in [0.5, 0.6) is 0 Å². The van der Waals surface area contributed by atoms with Crippen LogP contribution in [0.2, 0.25) is 0 Å². The number of rotatable bonds is 4. The van der Waals surface area contributed by atoms with Crippen molar-refractivity contribution in [3.05, 3.63) is 29.8 Å². The second-order valence-corrected chi connectivity index (χ2v) is 7.26. The molecule has 6 heteroatoms. The minimum atomic E-state index is -0.337. The van der Waals surface area contributed by atoms with Gasteiger partial charge in [-0.05, 0) is 51.0 Å². The summed E-state index contributed by atoms with van der Waals surface area (Å²) < 4.78 is 0. The van der Waals surface area contributed by atoms with Gasteiger partial charge in [-0.3, -0.25) is 9.59 Å². The van der Waals surface area contributed by atoms with Crippen molar-refractivity contribution in [2.75, 3.05) is 5.32 Å². The highest BCUT2D eigenvalue weighted by atomic mass is 32.1. The minimum Gasteiger partial charge on any atom is -0.347 e.